The van der Waals surface area contributed by atoms with Gasteiger partial charge in [0.15, 0.2) is 0 Å². The second-order valence-corrected chi connectivity index (χ2v) is 5.25. The minimum absolute atomic E-state index is 0.124. The zero-order valence-corrected chi connectivity index (χ0v) is 10.2. The van der Waals surface area contributed by atoms with Gasteiger partial charge in [0.2, 0.25) is 0 Å². The van der Waals surface area contributed by atoms with Crippen molar-refractivity contribution in [3.05, 3.63) is 28.5 Å². The molecule has 2 rings (SSSR count). The fraction of sp³-hybridized carbons (Fsp3) is 0.500. The van der Waals surface area contributed by atoms with Crippen molar-refractivity contribution in [2.45, 2.75) is 32.1 Å². The first kappa shape index (κ1) is 10.8. The standard InChI is InChI=1S/C12H14BrNO/c13-10-3-4-11(14-8-10)7-12(9-15)5-1-2-6-12/h3-4,8-9H,1-2,5-7H2. The monoisotopic (exact) mass is 267 g/mol. The van der Waals surface area contributed by atoms with Gasteiger partial charge in [-0.05, 0) is 40.9 Å². The molecule has 2 nitrogen and oxygen atoms in total. The number of pyridine rings is 1. The Morgan fingerprint density at radius 1 is 1.40 bits per heavy atom. The summed E-state index contributed by atoms with van der Waals surface area (Å²) in [6.07, 6.45) is 8.13. The Bertz CT molecular complexity index is 341. The van der Waals surface area contributed by atoms with Crippen molar-refractivity contribution in [3.8, 4) is 0 Å². The highest BCUT2D eigenvalue weighted by atomic mass is 79.9. The Morgan fingerprint density at radius 2 is 2.13 bits per heavy atom. The molecule has 1 aromatic rings. The zero-order chi connectivity index (χ0) is 10.7. The van der Waals surface area contributed by atoms with E-state index >= 15 is 0 Å². The summed E-state index contributed by atoms with van der Waals surface area (Å²) in [5.74, 6) is 0. The largest absolute Gasteiger partial charge is 0.303 e. The first-order valence-corrected chi connectivity index (χ1v) is 6.10. The van der Waals surface area contributed by atoms with Gasteiger partial charge >= 0.3 is 0 Å². The summed E-state index contributed by atoms with van der Waals surface area (Å²) in [4.78, 5) is 15.5. The zero-order valence-electron chi connectivity index (χ0n) is 8.58. The van der Waals surface area contributed by atoms with Crippen LogP contribution in [-0.4, -0.2) is 11.3 Å². The molecule has 0 N–H and O–H groups in total. The summed E-state index contributed by atoms with van der Waals surface area (Å²) in [6, 6.07) is 3.98. The van der Waals surface area contributed by atoms with Crippen molar-refractivity contribution < 1.29 is 4.79 Å². The number of carbonyl (C=O) groups excluding carboxylic acids is 1. The Labute approximate surface area is 98.2 Å². The van der Waals surface area contributed by atoms with Gasteiger partial charge in [0.1, 0.15) is 6.29 Å². The highest BCUT2D eigenvalue weighted by Crippen LogP contribution is 2.38. The van der Waals surface area contributed by atoms with Crippen LogP contribution in [0.2, 0.25) is 0 Å². The van der Waals surface area contributed by atoms with E-state index in [1.54, 1.807) is 6.20 Å². The molecule has 1 saturated carbocycles. The SMILES string of the molecule is O=CC1(Cc2ccc(Br)cn2)CCCC1. The number of rotatable bonds is 3. The molecule has 0 saturated heterocycles. The van der Waals surface area contributed by atoms with Gasteiger partial charge in [-0.2, -0.15) is 0 Å². The summed E-state index contributed by atoms with van der Waals surface area (Å²) < 4.78 is 0.984. The van der Waals surface area contributed by atoms with Crippen molar-refractivity contribution in [1.82, 2.24) is 4.98 Å². The molecule has 80 valence electrons. The molecule has 1 aliphatic carbocycles. The van der Waals surface area contributed by atoms with E-state index in [0.29, 0.717) is 0 Å². The van der Waals surface area contributed by atoms with Gasteiger partial charge in [-0.3, -0.25) is 4.98 Å². The fourth-order valence-corrected chi connectivity index (χ4v) is 2.52. The van der Waals surface area contributed by atoms with Crippen molar-refractivity contribution in [2.75, 3.05) is 0 Å². The van der Waals surface area contributed by atoms with E-state index in [1.807, 2.05) is 12.1 Å². The number of carbonyl (C=O) groups is 1. The summed E-state index contributed by atoms with van der Waals surface area (Å²) in [6.45, 7) is 0. The summed E-state index contributed by atoms with van der Waals surface area (Å²) in [7, 11) is 0. The first-order chi connectivity index (χ1) is 7.24. The predicted octanol–water partition coefficient (Wildman–Crippen LogP) is 3.15. The molecule has 1 aromatic heterocycles. The van der Waals surface area contributed by atoms with Crippen LogP contribution in [0.4, 0.5) is 0 Å². The minimum Gasteiger partial charge on any atom is -0.303 e. The van der Waals surface area contributed by atoms with Gasteiger partial charge in [-0.25, -0.2) is 0 Å². The molecule has 0 bridgehead atoms. The molecule has 0 amide bonds. The Kier molecular flexibility index (Phi) is 3.19. The highest BCUT2D eigenvalue weighted by Gasteiger charge is 2.33. The average molecular weight is 268 g/mol. The summed E-state index contributed by atoms with van der Waals surface area (Å²) >= 11 is 3.36. The number of hydrogen-bond donors (Lipinski definition) is 0. The van der Waals surface area contributed by atoms with Crippen molar-refractivity contribution in [2.24, 2.45) is 5.41 Å². The van der Waals surface area contributed by atoms with Crippen molar-refractivity contribution in [3.63, 3.8) is 0 Å². The normalized spacial score (nSPS) is 19.0. The van der Waals surface area contributed by atoms with Crippen LogP contribution in [0.25, 0.3) is 0 Å². The smallest absolute Gasteiger partial charge is 0.126 e. The van der Waals surface area contributed by atoms with Crippen LogP contribution in [0.1, 0.15) is 31.4 Å². The van der Waals surface area contributed by atoms with E-state index in [1.165, 1.54) is 12.8 Å². The molecule has 3 heteroatoms. The predicted molar refractivity (Wildman–Crippen MR) is 62.6 cm³/mol. The molecule has 0 aliphatic heterocycles. The van der Waals surface area contributed by atoms with E-state index in [4.69, 9.17) is 0 Å². The third-order valence-electron chi connectivity index (χ3n) is 3.17. The lowest BCUT2D eigenvalue weighted by Crippen LogP contribution is -2.21. The van der Waals surface area contributed by atoms with E-state index in [0.717, 1.165) is 35.7 Å². The summed E-state index contributed by atoms with van der Waals surface area (Å²) in [5, 5.41) is 0. The van der Waals surface area contributed by atoms with Gasteiger partial charge in [0.25, 0.3) is 0 Å². The van der Waals surface area contributed by atoms with Crippen LogP contribution in [0.15, 0.2) is 22.8 Å². The molecule has 0 aromatic carbocycles. The maximum Gasteiger partial charge on any atom is 0.126 e. The Balaban J connectivity index is 2.12. The second-order valence-electron chi connectivity index (χ2n) is 4.33. The number of hydrogen-bond acceptors (Lipinski definition) is 2. The maximum atomic E-state index is 11.2. The van der Waals surface area contributed by atoms with E-state index in [-0.39, 0.29) is 5.41 Å². The van der Waals surface area contributed by atoms with Gasteiger partial charge in [0, 0.05) is 28.2 Å². The van der Waals surface area contributed by atoms with Crippen LogP contribution < -0.4 is 0 Å². The molecule has 1 aliphatic rings. The average Bonchev–Trinajstić information content (AvgIpc) is 2.71. The summed E-state index contributed by atoms with van der Waals surface area (Å²) in [5.41, 5.74) is 0.896. The Hall–Kier alpha value is -0.700. The van der Waals surface area contributed by atoms with Gasteiger partial charge in [-0.1, -0.05) is 12.8 Å². The fourth-order valence-electron chi connectivity index (χ4n) is 2.29. The lowest BCUT2D eigenvalue weighted by Gasteiger charge is -2.20. The van der Waals surface area contributed by atoms with E-state index in [9.17, 15) is 4.79 Å². The minimum atomic E-state index is -0.124. The molecule has 15 heavy (non-hydrogen) atoms. The number of nitrogens with zero attached hydrogens (tertiary/aromatic N) is 1. The van der Waals surface area contributed by atoms with Gasteiger partial charge in [-0.15, -0.1) is 0 Å². The van der Waals surface area contributed by atoms with E-state index in [2.05, 4.69) is 20.9 Å². The van der Waals surface area contributed by atoms with Crippen LogP contribution >= 0.6 is 15.9 Å². The molecule has 0 atom stereocenters. The lowest BCUT2D eigenvalue weighted by molar-refractivity contribution is -0.116. The van der Waals surface area contributed by atoms with Crippen LogP contribution in [0.5, 0.6) is 0 Å². The quantitative estimate of drug-likeness (QED) is 0.788. The lowest BCUT2D eigenvalue weighted by atomic mass is 9.83. The second kappa shape index (κ2) is 4.44. The maximum absolute atomic E-state index is 11.2. The molecular weight excluding hydrogens is 254 g/mol. The molecule has 0 radical (unpaired) electrons. The van der Waals surface area contributed by atoms with Crippen molar-refractivity contribution in [1.29, 1.82) is 0 Å². The third-order valence-corrected chi connectivity index (χ3v) is 3.64. The molecule has 0 unspecified atom stereocenters. The Morgan fingerprint density at radius 3 is 2.67 bits per heavy atom. The van der Waals surface area contributed by atoms with Crippen molar-refractivity contribution >= 4 is 22.2 Å². The molecule has 1 fully saturated rings. The van der Waals surface area contributed by atoms with Gasteiger partial charge in [0.05, 0.1) is 0 Å². The van der Waals surface area contributed by atoms with Gasteiger partial charge < -0.3 is 4.79 Å². The number of aromatic nitrogens is 1. The molecule has 0 spiro atoms. The molecular formula is C12H14BrNO. The number of aldehydes is 1. The first-order valence-electron chi connectivity index (χ1n) is 5.31. The van der Waals surface area contributed by atoms with Crippen LogP contribution in [0.3, 0.4) is 0 Å². The molecule has 1 heterocycles. The van der Waals surface area contributed by atoms with Crippen LogP contribution in [-0.2, 0) is 11.2 Å². The third kappa shape index (κ3) is 2.46. The topological polar surface area (TPSA) is 30.0 Å². The number of halogens is 1. The van der Waals surface area contributed by atoms with Crippen LogP contribution in [0, 0.1) is 5.41 Å². The highest BCUT2D eigenvalue weighted by molar-refractivity contribution is 9.10. The van der Waals surface area contributed by atoms with E-state index < -0.39 is 0 Å².